The second-order valence-corrected chi connectivity index (χ2v) is 11.5. The number of nitrogens with one attached hydrogen (secondary N) is 1. The molecule has 0 bridgehead atoms. The average molecular weight is 594 g/mol. The van der Waals surface area contributed by atoms with E-state index in [4.69, 9.17) is 11.6 Å². The van der Waals surface area contributed by atoms with Gasteiger partial charge < -0.3 is 15.1 Å². The minimum atomic E-state index is -4.42. The molecule has 0 aliphatic carbocycles. The zero-order valence-corrected chi connectivity index (χ0v) is 22.7. The maximum atomic E-state index is 12.8. The summed E-state index contributed by atoms with van der Waals surface area (Å²) >= 11 is 5.67. The summed E-state index contributed by atoms with van der Waals surface area (Å²) in [4.78, 5) is 16.7. The van der Waals surface area contributed by atoms with E-state index in [9.17, 15) is 31.1 Å². The molecule has 12 heteroatoms. The maximum Gasteiger partial charge on any atom is 0.446 e. The van der Waals surface area contributed by atoms with Crippen molar-refractivity contribution < 1.29 is 31.1 Å². The van der Waals surface area contributed by atoms with Gasteiger partial charge in [0.05, 0.1) is 10.6 Å². The molecule has 2 heterocycles. The lowest BCUT2D eigenvalue weighted by atomic mass is 9.91. The summed E-state index contributed by atoms with van der Waals surface area (Å²) in [5.74, 6) is 0.501. The minimum Gasteiger partial charge on any atom is -0.382 e. The summed E-state index contributed by atoms with van der Waals surface area (Å²) in [6.07, 6.45) is 0.0548. The highest BCUT2D eigenvalue weighted by Gasteiger charge is 2.32. The van der Waals surface area contributed by atoms with Gasteiger partial charge in [-0.15, -0.1) is 0 Å². The van der Waals surface area contributed by atoms with Gasteiger partial charge in [-0.1, -0.05) is 11.6 Å². The van der Waals surface area contributed by atoms with Crippen LogP contribution in [0.1, 0.15) is 44.1 Å². The zero-order chi connectivity index (χ0) is 28.2. The molecule has 0 unspecified atom stereocenters. The molecule has 4 rings (SSSR count). The molecule has 0 radical (unpaired) electrons. The molecule has 4 nitrogen and oxygen atoms in total. The van der Waals surface area contributed by atoms with E-state index in [1.165, 1.54) is 24.3 Å². The highest BCUT2D eigenvalue weighted by atomic mass is 35.5. The first-order valence-corrected chi connectivity index (χ1v) is 14.1. The molecule has 2 aromatic rings. The number of amides is 1. The number of carbonyl (C=O) groups is 1. The molecular formula is C27H30ClF6N3OS. The molecule has 1 amide bonds. The Kier molecular flexibility index (Phi) is 9.52. The largest absolute Gasteiger partial charge is 0.446 e. The Morgan fingerprint density at radius 1 is 0.923 bits per heavy atom. The number of rotatable bonds is 7. The van der Waals surface area contributed by atoms with E-state index < -0.39 is 17.2 Å². The van der Waals surface area contributed by atoms with E-state index >= 15 is 0 Å². The molecule has 0 spiro atoms. The standard InChI is InChI=1S/C27H30ClF6N3OS/c28-23-7-4-21(17-24(23)39-27(32,33)34)35-20-11-15-37(16-12-20)25(38)8-1-18-9-13-36(14-10-18)22-5-2-19(3-6-22)26(29,30)31/h2-7,17-18,20,35H,1,8-16H2. The Morgan fingerprint density at radius 3 is 2.15 bits per heavy atom. The molecular weight excluding hydrogens is 564 g/mol. The fourth-order valence-corrected chi connectivity index (χ4v) is 5.97. The predicted molar refractivity (Wildman–Crippen MR) is 142 cm³/mol. The van der Waals surface area contributed by atoms with Crippen LogP contribution in [0.15, 0.2) is 47.4 Å². The van der Waals surface area contributed by atoms with Crippen LogP contribution in [0, 0.1) is 5.92 Å². The van der Waals surface area contributed by atoms with Gasteiger partial charge in [0.1, 0.15) is 0 Å². The predicted octanol–water partition coefficient (Wildman–Crippen LogP) is 8.07. The maximum absolute atomic E-state index is 12.8. The summed E-state index contributed by atoms with van der Waals surface area (Å²) in [6.45, 7) is 2.66. The SMILES string of the molecule is O=C(CCC1CCN(c2ccc(C(F)(F)F)cc2)CC1)N1CCC(Nc2ccc(Cl)c(SC(F)(F)F)c2)CC1. The highest BCUT2D eigenvalue weighted by Crippen LogP contribution is 2.41. The fourth-order valence-electron chi connectivity index (χ4n) is 5.13. The number of piperidine rings is 2. The van der Waals surface area contributed by atoms with Crippen LogP contribution in [0.4, 0.5) is 37.7 Å². The molecule has 2 aromatic carbocycles. The third-order valence-electron chi connectivity index (χ3n) is 7.32. The summed E-state index contributed by atoms with van der Waals surface area (Å²) in [6, 6.07) is 9.80. The summed E-state index contributed by atoms with van der Waals surface area (Å²) in [5, 5.41) is 3.32. The number of hydrogen-bond donors (Lipinski definition) is 1. The van der Waals surface area contributed by atoms with Crippen LogP contribution in [0.2, 0.25) is 5.02 Å². The quantitative estimate of drug-likeness (QED) is 0.260. The number of carbonyl (C=O) groups excluding carboxylic acids is 1. The lowest BCUT2D eigenvalue weighted by Gasteiger charge is -2.35. The van der Waals surface area contributed by atoms with E-state index in [1.807, 2.05) is 4.90 Å². The van der Waals surface area contributed by atoms with E-state index in [1.54, 1.807) is 6.07 Å². The lowest BCUT2D eigenvalue weighted by molar-refractivity contribution is -0.137. The molecule has 0 aromatic heterocycles. The second-order valence-electron chi connectivity index (χ2n) is 10.0. The first kappa shape index (κ1) is 29.7. The van der Waals surface area contributed by atoms with Gasteiger partial charge in [-0.05, 0) is 92.2 Å². The van der Waals surface area contributed by atoms with E-state index in [0.717, 1.165) is 50.2 Å². The first-order chi connectivity index (χ1) is 18.4. The Labute approximate surface area is 233 Å². The first-order valence-electron chi connectivity index (χ1n) is 12.9. The van der Waals surface area contributed by atoms with Crippen LogP contribution in [-0.4, -0.2) is 48.5 Å². The Morgan fingerprint density at radius 2 is 1.56 bits per heavy atom. The number of halogens is 7. The molecule has 2 aliphatic rings. The van der Waals surface area contributed by atoms with E-state index in [2.05, 4.69) is 10.2 Å². The monoisotopic (exact) mass is 593 g/mol. The third kappa shape index (κ3) is 8.61. The van der Waals surface area contributed by atoms with Crippen LogP contribution in [-0.2, 0) is 11.0 Å². The second kappa shape index (κ2) is 12.5. The normalized spacial score (nSPS) is 17.9. The molecule has 0 saturated carbocycles. The van der Waals surface area contributed by atoms with Crippen LogP contribution in [0.3, 0.4) is 0 Å². The summed E-state index contributed by atoms with van der Waals surface area (Å²) in [7, 11) is 0. The van der Waals surface area contributed by atoms with Gasteiger partial charge in [-0.25, -0.2) is 0 Å². The van der Waals surface area contributed by atoms with Crippen molar-refractivity contribution in [1.82, 2.24) is 4.90 Å². The zero-order valence-electron chi connectivity index (χ0n) is 21.1. The molecule has 1 N–H and O–H groups in total. The molecule has 39 heavy (non-hydrogen) atoms. The van der Waals surface area contributed by atoms with Gasteiger partial charge in [0, 0.05) is 54.9 Å². The van der Waals surface area contributed by atoms with Crippen molar-refractivity contribution >= 4 is 40.6 Å². The topological polar surface area (TPSA) is 35.6 Å². The fraction of sp³-hybridized carbons (Fsp3) is 0.519. The van der Waals surface area contributed by atoms with Gasteiger partial charge in [-0.3, -0.25) is 4.79 Å². The van der Waals surface area contributed by atoms with Gasteiger partial charge in [-0.2, -0.15) is 26.3 Å². The average Bonchev–Trinajstić information content (AvgIpc) is 2.89. The van der Waals surface area contributed by atoms with Gasteiger partial charge in [0.15, 0.2) is 0 Å². The summed E-state index contributed by atoms with van der Waals surface area (Å²) < 4.78 is 76.6. The number of thioether (sulfide) groups is 1. The van der Waals surface area contributed by atoms with Crippen molar-refractivity contribution in [2.75, 3.05) is 36.4 Å². The number of nitrogens with zero attached hydrogens (tertiary/aromatic N) is 2. The van der Waals surface area contributed by atoms with Gasteiger partial charge >= 0.3 is 11.7 Å². The van der Waals surface area contributed by atoms with Crippen molar-refractivity contribution in [3.05, 3.63) is 53.1 Å². The third-order valence-corrected chi connectivity index (χ3v) is 8.55. The number of hydrogen-bond acceptors (Lipinski definition) is 4. The van der Waals surface area contributed by atoms with Crippen LogP contribution < -0.4 is 10.2 Å². The van der Waals surface area contributed by atoms with Crippen molar-refractivity contribution in [2.45, 2.75) is 61.1 Å². The smallest absolute Gasteiger partial charge is 0.382 e. The lowest BCUT2D eigenvalue weighted by Crippen LogP contribution is -2.42. The Balaban J connectivity index is 1.17. The number of likely N-dealkylation sites (tertiary alicyclic amines) is 1. The van der Waals surface area contributed by atoms with E-state index in [-0.39, 0.29) is 33.6 Å². The molecule has 2 saturated heterocycles. The van der Waals surface area contributed by atoms with Gasteiger partial charge in [0.2, 0.25) is 5.91 Å². The number of alkyl halides is 6. The minimum absolute atomic E-state index is 0.0491. The van der Waals surface area contributed by atoms with Crippen molar-refractivity contribution in [1.29, 1.82) is 0 Å². The molecule has 0 atom stereocenters. The Hall–Kier alpha value is -2.27. The van der Waals surface area contributed by atoms with Crippen molar-refractivity contribution in [3.63, 3.8) is 0 Å². The van der Waals surface area contributed by atoms with E-state index in [0.29, 0.717) is 44.0 Å². The molecule has 2 fully saturated rings. The Bertz CT molecular complexity index is 1110. The molecule has 214 valence electrons. The summed E-state index contributed by atoms with van der Waals surface area (Å²) in [5.41, 5.74) is -3.73. The van der Waals surface area contributed by atoms with Crippen LogP contribution in [0.5, 0.6) is 0 Å². The van der Waals surface area contributed by atoms with Crippen LogP contribution in [0.25, 0.3) is 0 Å². The molecule has 2 aliphatic heterocycles. The van der Waals surface area contributed by atoms with Crippen LogP contribution >= 0.6 is 23.4 Å². The van der Waals surface area contributed by atoms with Crippen molar-refractivity contribution in [3.8, 4) is 0 Å². The van der Waals surface area contributed by atoms with Crippen molar-refractivity contribution in [2.24, 2.45) is 5.92 Å². The number of benzene rings is 2. The van der Waals surface area contributed by atoms with Gasteiger partial charge in [0.25, 0.3) is 0 Å². The number of anilines is 2. The highest BCUT2D eigenvalue weighted by molar-refractivity contribution is 8.00.